The molecule has 0 saturated carbocycles. The summed E-state index contributed by atoms with van der Waals surface area (Å²) >= 11 is 0. The molecule has 0 spiro atoms. The van der Waals surface area contributed by atoms with Gasteiger partial charge in [0.25, 0.3) is 0 Å². The predicted octanol–water partition coefficient (Wildman–Crippen LogP) is 1.49. The average Bonchev–Trinajstić information content (AvgIpc) is 1.88. The fourth-order valence-electron chi connectivity index (χ4n) is 0.702. The molecular weight excluding hydrogens is 142 g/mol. The number of hydrogen-bond donors (Lipinski definition) is 0. The third-order valence-electron chi connectivity index (χ3n) is 1.30. The lowest BCUT2D eigenvalue weighted by atomic mass is 10.1. The topological polar surface area (TPSA) is 30.7 Å². The van der Waals surface area contributed by atoms with Crippen molar-refractivity contribution < 1.29 is 9.53 Å². The fourth-order valence-corrected chi connectivity index (χ4v) is 0.702. The van der Waals surface area contributed by atoms with Crippen LogP contribution < -0.4 is 0 Å². The molecule has 3 nitrogen and oxygen atoms in total. The molecule has 62 valence electrons. The molecule has 0 fully saturated rings. The van der Waals surface area contributed by atoms with E-state index in [9.17, 15) is 4.79 Å². The molecule has 3 heteroatoms. The minimum atomic E-state index is -0.630. The maximum atomic E-state index is 11.0. The van der Waals surface area contributed by atoms with Crippen molar-refractivity contribution >= 4 is 5.97 Å². The predicted molar refractivity (Wildman–Crippen MR) is 41.9 cm³/mol. The van der Waals surface area contributed by atoms with Gasteiger partial charge < -0.3 is 9.58 Å². The van der Waals surface area contributed by atoms with Gasteiger partial charge in [-0.1, -0.05) is 13.8 Å². The molecule has 0 rings (SSSR count). The van der Waals surface area contributed by atoms with Gasteiger partial charge in [0.15, 0.2) is 0 Å². The highest BCUT2D eigenvalue weighted by Gasteiger charge is 2.28. The number of carbonyl (C=O) groups is 1. The van der Waals surface area contributed by atoms with E-state index in [1.54, 1.807) is 6.92 Å². The van der Waals surface area contributed by atoms with E-state index in [-0.39, 0.29) is 5.92 Å². The van der Waals surface area contributed by atoms with Gasteiger partial charge in [-0.2, -0.15) is 0 Å². The van der Waals surface area contributed by atoms with Crippen molar-refractivity contribution in [2.75, 3.05) is 6.61 Å². The van der Waals surface area contributed by atoms with Gasteiger partial charge >= 0.3 is 12.0 Å². The molecule has 0 bridgehead atoms. The largest absolute Gasteiger partial charge is 0.460 e. The van der Waals surface area contributed by atoms with E-state index in [1.165, 1.54) is 0 Å². The monoisotopic (exact) mass is 155 g/mol. The second-order valence-corrected chi connectivity index (χ2v) is 2.57. The van der Waals surface area contributed by atoms with Gasteiger partial charge in [-0.15, -0.1) is 0 Å². The SMILES string of the molecule is [C-]#[N+]C(C(=O)OCC)C(C)C. The molecule has 0 N–H and O–H groups in total. The highest BCUT2D eigenvalue weighted by Crippen LogP contribution is 2.07. The first-order chi connectivity index (χ1) is 5.13. The normalized spacial score (nSPS) is 12.3. The Morgan fingerprint density at radius 3 is 2.45 bits per heavy atom. The van der Waals surface area contributed by atoms with E-state index in [2.05, 4.69) is 4.85 Å². The molecule has 1 atom stereocenters. The summed E-state index contributed by atoms with van der Waals surface area (Å²) < 4.78 is 4.70. The maximum Gasteiger partial charge on any atom is 0.390 e. The lowest BCUT2D eigenvalue weighted by Gasteiger charge is -2.06. The van der Waals surface area contributed by atoms with Gasteiger partial charge in [0, 0.05) is 5.92 Å². The van der Waals surface area contributed by atoms with Gasteiger partial charge in [-0.25, -0.2) is 11.4 Å². The molecule has 0 aliphatic carbocycles. The van der Waals surface area contributed by atoms with Crippen molar-refractivity contribution in [2.24, 2.45) is 5.92 Å². The summed E-state index contributed by atoms with van der Waals surface area (Å²) in [5.74, 6) is -0.371. The second kappa shape index (κ2) is 4.73. The van der Waals surface area contributed by atoms with Crippen LogP contribution in [0.3, 0.4) is 0 Å². The molecule has 0 aromatic heterocycles. The first-order valence-electron chi connectivity index (χ1n) is 3.66. The summed E-state index contributed by atoms with van der Waals surface area (Å²) in [4.78, 5) is 14.2. The fraction of sp³-hybridized carbons (Fsp3) is 0.750. The van der Waals surface area contributed by atoms with Crippen LogP contribution in [-0.4, -0.2) is 18.6 Å². The Labute approximate surface area is 67.2 Å². The Balaban J connectivity index is 4.06. The van der Waals surface area contributed by atoms with Crippen molar-refractivity contribution in [3.8, 4) is 0 Å². The number of carbonyl (C=O) groups excluding carboxylic acids is 1. The highest BCUT2D eigenvalue weighted by molar-refractivity contribution is 5.77. The minimum absolute atomic E-state index is 0.0338. The zero-order valence-electron chi connectivity index (χ0n) is 7.13. The molecule has 0 amide bonds. The first-order valence-corrected chi connectivity index (χ1v) is 3.66. The molecule has 0 aliphatic heterocycles. The molecular formula is C8H13NO2. The summed E-state index contributed by atoms with van der Waals surface area (Å²) in [5.41, 5.74) is 0. The Kier molecular flexibility index (Phi) is 4.28. The molecule has 0 radical (unpaired) electrons. The van der Waals surface area contributed by atoms with Crippen LogP contribution in [0.4, 0.5) is 0 Å². The van der Waals surface area contributed by atoms with Gasteiger partial charge in [0.1, 0.15) is 0 Å². The lowest BCUT2D eigenvalue weighted by Crippen LogP contribution is -2.25. The van der Waals surface area contributed by atoms with Gasteiger partial charge in [0.05, 0.1) is 6.61 Å². The first kappa shape index (κ1) is 9.96. The zero-order chi connectivity index (χ0) is 8.85. The molecule has 0 aromatic carbocycles. The second-order valence-electron chi connectivity index (χ2n) is 2.57. The number of hydrogen-bond acceptors (Lipinski definition) is 2. The van der Waals surface area contributed by atoms with Crippen LogP contribution in [0.25, 0.3) is 4.85 Å². The zero-order valence-corrected chi connectivity index (χ0v) is 7.13. The van der Waals surface area contributed by atoms with E-state index < -0.39 is 12.0 Å². The van der Waals surface area contributed by atoms with Crippen molar-refractivity contribution in [2.45, 2.75) is 26.8 Å². The van der Waals surface area contributed by atoms with Crippen LogP contribution in [0.2, 0.25) is 0 Å². The number of nitrogens with zero attached hydrogens (tertiary/aromatic N) is 1. The smallest absolute Gasteiger partial charge is 0.390 e. The van der Waals surface area contributed by atoms with Gasteiger partial charge in [-0.3, -0.25) is 0 Å². The van der Waals surface area contributed by atoms with Crippen LogP contribution in [0.5, 0.6) is 0 Å². The van der Waals surface area contributed by atoms with Crippen molar-refractivity contribution in [1.29, 1.82) is 0 Å². The van der Waals surface area contributed by atoms with Crippen LogP contribution in [0, 0.1) is 12.5 Å². The number of rotatable bonds is 3. The Morgan fingerprint density at radius 1 is 1.64 bits per heavy atom. The summed E-state index contributed by atoms with van der Waals surface area (Å²) in [7, 11) is 0. The molecule has 1 unspecified atom stereocenters. The molecule has 0 aromatic rings. The summed E-state index contributed by atoms with van der Waals surface area (Å²) in [6.45, 7) is 12.5. The van der Waals surface area contributed by atoms with Crippen LogP contribution in [0.1, 0.15) is 20.8 Å². The summed E-state index contributed by atoms with van der Waals surface area (Å²) in [6.07, 6.45) is 0. The standard InChI is InChI=1S/C8H13NO2/c1-5-11-8(10)7(9-4)6(2)3/h6-7H,5H2,1-3H3. The van der Waals surface area contributed by atoms with E-state index >= 15 is 0 Å². The van der Waals surface area contributed by atoms with E-state index in [4.69, 9.17) is 11.3 Å². The lowest BCUT2D eigenvalue weighted by molar-refractivity contribution is -0.144. The van der Waals surface area contributed by atoms with Crippen molar-refractivity contribution in [3.05, 3.63) is 11.4 Å². The molecule has 0 heterocycles. The number of esters is 1. The summed E-state index contributed by atoms with van der Waals surface area (Å²) in [5, 5.41) is 0. The molecule has 11 heavy (non-hydrogen) atoms. The third kappa shape index (κ3) is 3.03. The van der Waals surface area contributed by atoms with E-state index in [0.29, 0.717) is 6.61 Å². The average molecular weight is 155 g/mol. The van der Waals surface area contributed by atoms with E-state index in [0.717, 1.165) is 0 Å². The van der Waals surface area contributed by atoms with Crippen LogP contribution >= 0.6 is 0 Å². The van der Waals surface area contributed by atoms with Gasteiger partial charge in [0.2, 0.25) is 0 Å². The Bertz CT molecular complexity index is 169. The van der Waals surface area contributed by atoms with Crippen LogP contribution in [0.15, 0.2) is 0 Å². The maximum absolute atomic E-state index is 11.0. The number of ether oxygens (including phenoxy) is 1. The van der Waals surface area contributed by atoms with Crippen molar-refractivity contribution in [3.63, 3.8) is 0 Å². The van der Waals surface area contributed by atoms with Crippen molar-refractivity contribution in [1.82, 2.24) is 0 Å². The van der Waals surface area contributed by atoms with Crippen LogP contribution in [-0.2, 0) is 9.53 Å². The molecule has 0 saturated heterocycles. The Morgan fingerprint density at radius 2 is 2.18 bits per heavy atom. The minimum Gasteiger partial charge on any atom is -0.460 e. The third-order valence-corrected chi connectivity index (χ3v) is 1.30. The quantitative estimate of drug-likeness (QED) is 0.456. The molecule has 0 aliphatic rings. The summed E-state index contributed by atoms with van der Waals surface area (Å²) in [6, 6.07) is -0.630. The van der Waals surface area contributed by atoms with E-state index in [1.807, 2.05) is 13.8 Å². The van der Waals surface area contributed by atoms with Gasteiger partial charge in [-0.05, 0) is 6.92 Å². The highest BCUT2D eigenvalue weighted by atomic mass is 16.5. The Hall–Kier alpha value is -1.04.